The lowest BCUT2D eigenvalue weighted by Crippen LogP contribution is -2.28. The predicted molar refractivity (Wildman–Crippen MR) is 60.9 cm³/mol. The Balaban J connectivity index is 2.18. The summed E-state index contributed by atoms with van der Waals surface area (Å²) >= 11 is 5.75. The summed E-state index contributed by atoms with van der Waals surface area (Å²) in [7, 11) is 1.45. The molecule has 2 rings (SSSR count). The zero-order valence-electron chi connectivity index (χ0n) is 9.26. The van der Waals surface area contributed by atoms with Crippen molar-refractivity contribution in [1.82, 2.24) is 15.0 Å². The number of rotatable bonds is 3. The second-order valence-electron chi connectivity index (χ2n) is 3.73. The minimum Gasteiger partial charge on any atom is -0.467 e. The van der Waals surface area contributed by atoms with Crippen LogP contribution in [0.15, 0.2) is 0 Å². The molecule has 0 bridgehead atoms. The fourth-order valence-corrected chi connectivity index (χ4v) is 1.88. The Labute approximate surface area is 103 Å². The van der Waals surface area contributed by atoms with Crippen LogP contribution in [-0.2, 0) is 4.79 Å². The molecule has 0 radical (unpaired) electrons. The molecular weight excluding hydrogens is 246 g/mol. The van der Waals surface area contributed by atoms with E-state index in [1.807, 2.05) is 4.90 Å². The average molecular weight is 258 g/mol. The summed E-state index contributed by atoms with van der Waals surface area (Å²) < 4.78 is 4.90. The van der Waals surface area contributed by atoms with Crippen molar-refractivity contribution < 1.29 is 9.53 Å². The molecule has 17 heavy (non-hydrogen) atoms. The number of carbonyl (C=O) groups is 1. The summed E-state index contributed by atoms with van der Waals surface area (Å²) in [5.74, 6) is -0.0678. The highest BCUT2D eigenvalue weighted by Gasteiger charge is 2.28. The van der Waals surface area contributed by atoms with E-state index >= 15 is 0 Å². The van der Waals surface area contributed by atoms with E-state index in [0.29, 0.717) is 25.5 Å². The summed E-state index contributed by atoms with van der Waals surface area (Å²) in [4.78, 5) is 24.7. The lowest BCUT2D eigenvalue weighted by atomic mass is 10.1. The maximum absolute atomic E-state index is 11.1. The van der Waals surface area contributed by atoms with E-state index in [1.165, 1.54) is 7.11 Å². The van der Waals surface area contributed by atoms with Gasteiger partial charge in [-0.05, 0) is 18.0 Å². The van der Waals surface area contributed by atoms with E-state index in [2.05, 4.69) is 15.0 Å². The first-order chi connectivity index (χ1) is 8.10. The Hall–Kier alpha value is -1.63. The number of nitrogens with two attached hydrogens (primary N) is 1. The van der Waals surface area contributed by atoms with Gasteiger partial charge in [-0.15, -0.1) is 0 Å². The van der Waals surface area contributed by atoms with Crippen molar-refractivity contribution in [2.75, 3.05) is 25.1 Å². The zero-order chi connectivity index (χ0) is 12.4. The van der Waals surface area contributed by atoms with Gasteiger partial charge in [0, 0.05) is 13.1 Å². The third kappa shape index (κ3) is 2.55. The predicted octanol–water partition coefficient (Wildman–Crippen LogP) is -0.155. The van der Waals surface area contributed by atoms with Gasteiger partial charge in [0.25, 0.3) is 0 Å². The molecular formula is C9H12ClN5O2. The zero-order valence-corrected chi connectivity index (χ0v) is 10.0. The van der Waals surface area contributed by atoms with Crippen molar-refractivity contribution in [3.05, 3.63) is 5.28 Å². The van der Waals surface area contributed by atoms with Crippen molar-refractivity contribution in [1.29, 1.82) is 0 Å². The highest BCUT2D eigenvalue weighted by atomic mass is 35.5. The molecule has 8 heteroatoms. The minimum atomic E-state index is -0.306. The largest absolute Gasteiger partial charge is 0.467 e. The normalized spacial score (nSPS) is 19.4. The van der Waals surface area contributed by atoms with Crippen LogP contribution in [0.1, 0.15) is 6.42 Å². The number of hydrogen-bond donors (Lipinski definition) is 1. The summed E-state index contributed by atoms with van der Waals surface area (Å²) in [6.07, 6.45) is 0.695. The summed E-state index contributed by atoms with van der Waals surface area (Å²) in [6.45, 7) is 1.16. The van der Waals surface area contributed by atoms with E-state index in [0.717, 1.165) is 0 Å². The highest BCUT2D eigenvalue weighted by Crippen LogP contribution is 2.22. The molecule has 1 amide bonds. The number of methoxy groups -OCH3 is 1. The second-order valence-corrected chi connectivity index (χ2v) is 4.06. The van der Waals surface area contributed by atoms with Crippen LogP contribution in [0.3, 0.4) is 0 Å². The minimum absolute atomic E-state index is 0.0642. The molecule has 1 saturated heterocycles. The molecule has 1 aliphatic rings. The molecule has 1 aliphatic heterocycles. The highest BCUT2D eigenvalue weighted by molar-refractivity contribution is 6.28. The molecule has 0 spiro atoms. The Morgan fingerprint density at radius 2 is 2.29 bits per heavy atom. The van der Waals surface area contributed by atoms with Gasteiger partial charge in [0.15, 0.2) is 0 Å². The summed E-state index contributed by atoms with van der Waals surface area (Å²) in [5, 5.41) is 0.0642. The third-order valence-corrected chi connectivity index (χ3v) is 2.80. The molecule has 1 unspecified atom stereocenters. The molecule has 7 nitrogen and oxygen atoms in total. The molecule has 2 N–H and O–H groups in total. The van der Waals surface area contributed by atoms with Gasteiger partial charge in [0.05, 0.1) is 13.0 Å². The standard InChI is InChI=1S/C9H12ClN5O2/c1-17-9-13-7(10)12-8(14-9)15-3-2-5(4-15)6(11)16/h5H,2-4H2,1H3,(H2,11,16). The van der Waals surface area contributed by atoms with Crippen LogP contribution in [-0.4, -0.2) is 41.1 Å². The van der Waals surface area contributed by atoms with Gasteiger partial charge in [-0.2, -0.15) is 15.0 Å². The van der Waals surface area contributed by atoms with Crippen LogP contribution in [0.4, 0.5) is 5.95 Å². The fourth-order valence-electron chi connectivity index (χ4n) is 1.73. The molecule has 1 aromatic heterocycles. The molecule has 92 valence electrons. The lowest BCUT2D eigenvalue weighted by Gasteiger charge is -2.15. The van der Waals surface area contributed by atoms with Gasteiger partial charge in [-0.25, -0.2) is 0 Å². The van der Waals surface area contributed by atoms with E-state index in [9.17, 15) is 4.79 Å². The van der Waals surface area contributed by atoms with Gasteiger partial charge < -0.3 is 15.4 Å². The first kappa shape index (κ1) is 11.8. The van der Waals surface area contributed by atoms with Gasteiger partial charge in [0.1, 0.15) is 0 Å². The average Bonchev–Trinajstić information content (AvgIpc) is 2.77. The van der Waals surface area contributed by atoms with Crippen LogP contribution in [0, 0.1) is 5.92 Å². The third-order valence-electron chi connectivity index (χ3n) is 2.63. The smallest absolute Gasteiger partial charge is 0.322 e. The Bertz CT molecular complexity index is 441. The fraction of sp³-hybridized carbons (Fsp3) is 0.556. The lowest BCUT2D eigenvalue weighted by molar-refractivity contribution is -0.121. The quantitative estimate of drug-likeness (QED) is 0.809. The molecule has 2 heterocycles. The monoisotopic (exact) mass is 257 g/mol. The Kier molecular flexibility index (Phi) is 3.28. The molecule has 0 aliphatic carbocycles. The van der Waals surface area contributed by atoms with Gasteiger partial charge in [-0.3, -0.25) is 4.79 Å². The first-order valence-electron chi connectivity index (χ1n) is 5.10. The molecule has 0 saturated carbocycles. The van der Waals surface area contributed by atoms with Gasteiger partial charge in [-0.1, -0.05) is 0 Å². The number of amides is 1. The van der Waals surface area contributed by atoms with Crippen LogP contribution in [0.25, 0.3) is 0 Å². The second kappa shape index (κ2) is 4.70. The van der Waals surface area contributed by atoms with Crippen LogP contribution in [0.2, 0.25) is 5.28 Å². The first-order valence-corrected chi connectivity index (χ1v) is 5.47. The van der Waals surface area contributed by atoms with Gasteiger partial charge >= 0.3 is 6.01 Å². The van der Waals surface area contributed by atoms with E-state index in [1.54, 1.807) is 0 Å². The van der Waals surface area contributed by atoms with Crippen molar-refractivity contribution in [3.63, 3.8) is 0 Å². The number of carbonyl (C=O) groups excluding carboxylic acids is 1. The van der Waals surface area contributed by atoms with Gasteiger partial charge in [0.2, 0.25) is 17.1 Å². The number of anilines is 1. The maximum Gasteiger partial charge on any atom is 0.322 e. The number of hydrogen-bond acceptors (Lipinski definition) is 6. The number of nitrogens with zero attached hydrogens (tertiary/aromatic N) is 4. The SMILES string of the molecule is COc1nc(Cl)nc(N2CCC(C(N)=O)C2)n1. The van der Waals surface area contributed by atoms with Crippen LogP contribution < -0.4 is 15.4 Å². The van der Waals surface area contributed by atoms with Crippen molar-refractivity contribution in [2.45, 2.75) is 6.42 Å². The van der Waals surface area contributed by atoms with Crippen molar-refractivity contribution in [3.8, 4) is 6.01 Å². The molecule has 1 fully saturated rings. The van der Waals surface area contributed by atoms with Crippen molar-refractivity contribution >= 4 is 23.5 Å². The maximum atomic E-state index is 11.1. The number of halogens is 1. The van der Waals surface area contributed by atoms with Crippen molar-refractivity contribution in [2.24, 2.45) is 11.7 Å². The van der Waals surface area contributed by atoms with E-state index < -0.39 is 0 Å². The van der Waals surface area contributed by atoms with Crippen LogP contribution in [0.5, 0.6) is 6.01 Å². The summed E-state index contributed by atoms with van der Waals surface area (Å²) in [5.41, 5.74) is 5.25. The molecule has 1 aromatic rings. The Morgan fingerprint density at radius 3 is 2.88 bits per heavy atom. The molecule has 1 atom stereocenters. The number of ether oxygens (including phenoxy) is 1. The van der Waals surface area contributed by atoms with Crippen LogP contribution >= 0.6 is 11.6 Å². The number of primary amides is 1. The van der Waals surface area contributed by atoms with E-state index in [4.69, 9.17) is 22.1 Å². The summed E-state index contributed by atoms with van der Waals surface area (Å²) in [6, 6.07) is 0.155. The number of aromatic nitrogens is 3. The Morgan fingerprint density at radius 1 is 1.53 bits per heavy atom. The molecule has 0 aromatic carbocycles. The topological polar surface area (TPSA) is 94.2 Å². The van der Waals surface area contributed by atoms with E-state index in [-0.39, 0.29) is 23.1 Å².